The van der Waals surface area contributed by atoms with E-state index in [1.54, 1.807) is 36.2 Å². The quantitative estimate of drug-likeness (QED) is 0.675. The maximum Gasteiger partial charge on any atom is 0.305 e. The summed E-state index contributed by atoms with van der Waals surface area (Å²) in [5, 5.41) is 12.0. The fourth-order valence-corrected chi connectivity index (χ4v) is 3.60. The highest BCUT2D eigenvalue weighted by atomic mass is 32.2. The van der Waals surface area contributed by atoms with E-state index < -0.39 is 22.8 Å². The molecule has 0 saturated heterocycles. The third-order valence-corrected chi connectivity index (χ3v) is 5.24. The van der Waals surface area contributed by atoms with Crippen LogP contribution in [0.1, 0.15) is 33.9 Å². The first-order chi connectivity index (χ1) is 12.4. The lowest BCUT2D eigenvalue weighted by atomic mass is 10.0. The van der Waals surface area contributed by atoms with Gasteiger partial charge in [0.15, 0.2) is 0 Å². The maximum absolute atomic E-state index is 12.6. The van der Waals surface area contributed by atoms with Gasteiger partial charge in [0.05, 0.1) is 12.5 Å². The Morgan fingerprint density at radius 3 is 2.46 bits per heavy atom. The number of benzene rings is 2. The lowest BCUT2D eigenvalue weighted by Crippen LogP contribution is -2.30. The largest absolute Gasteiger partial charge is 0.481 e. The molecule has 2 aromatic rings. The molecule has 2 unspecified atom stereocenters. The van der Waals surface area contributed by atoms with Crippen LogP contribution in [0.3, 0.4) is 0 Å². The van der Waals surface area contributed by atoms with E-state index in [9.17, 15) is 18.9 Å². The van der Waals surface area contributed by atoms with Crippen molar-refractivity contribution in [3.8, 4) is 0 Å². The highest BCUT2D eigenvalue weighted by Crippen LogP contribution is 2.22. The number of carbonyl (C=O) groups excluding carboxylic acids is 1. The minimum atomic E-state index is -1.00. The monoisotopic (exact) mass is 391 g/mol. The highest BCUT2D eigenvalue weighted by molar-refractivity contribution is 7.98. The Bertz CT molecular complexity index is 805. The van der Waals surface area contributed by atoms with Gasteiger partial charge in [-0.05, 0) is 41.6 Å². The Morgan fingerprint density at radius 1 is 1.19 bits per heavy atom. The molecule has 0 spiro atoms. The first kappa shape index (κ1) is 20.2. The Hall–Kier alpha value is -2.12. The van der Waals surface area contributed by atoms with Crippen LogP contribution in [-0.4, -0.2) is 33.7 Å². The van der Waals surface area contributed by atoms with Gasteiger partial charge in [-0.1, -0.05) is 24.3 Å². The number of carboxylic acid groups (broad SMARTS) is 1. The van der Waals surface area contributed by atoms with E-state index in [-0.39, 0.29) is 12.3 Å². The van der Waals surface area contributed by atoms with Crippen LogP contribution in [0.25, 0.3) is 0 Å². The van der Waals surface area contributed by atoms with Crippen LogP contribution in [0.5, 0.6) is 0 Å². The number of aliphatic carboxylic acids is 1. The van der Waals surface area contributed by atoms with Crippen molar-refractivity contribution >= 4 is 34.4 Å². The maximum atomic E-state index is 12.6. The van der Waals surface area contributed by atoms with Crippen molar-refractivity contribution in [2.45, 2.75) is 23.1 Å². The number of carboxylic acids is 1. The van der Waals surface area contributed by atoms with Gasteiger partial charge in [-0.2, -0.15) is 0 Å². The van der Waals surface area contributed by atoms with Gasteiger partial charge in [0, 0.05) is 33.3 Å². The fourth-order valence-electron chi connectivity index (χ4n) is 2.54. The zero-order chi connectivity index (χ0) is 19.1. The second kappa shape index (κ2) is 9.54. The number of rotatable bonds is 8. The summed E-state index contributed by atoms with van der Waals surface area (Å²) in [4.78, 5) is 24.9. The molecule has 0 radical (unpaired) electrons. The van der Waals surface area contributed by atoms with Gasteiger partial charge in [-0.15, -0.1) is 11.8 Å². The Morgan fingerprint density at radius 2 is 1.88 bits per heavy atom. The number of amides is 1. The smallest absolute Gasteiger partial charge is 0.305 e. The molecule has 26 heavy (non-hydrogen) atoms. The van der Waals surface area contributed by atoms with Crippen LogP contribution in [-0.2, 0) is 21.3 Å². The fraction of sp³-hybridized carbons (Fsp3) is 0.263. The molecule has 7 heteroatoms. The molecule has 0 fully saturated rings. The van der Waals surface area contributed by atoms with Crippen molar-refractivity contribution in [1.82, 2.24) is 5.32 Å². The summed E-state index contributed by atoms with van der Waals surface area (Å²) in [6.45, 7) is 0. The molecular formula is C19H21NO4S2. The summed E-state index contributed by atoms with van der Waals surface area (Å²) in [5.41, 5.74) is 1.96. The number of nitrogens with one attached hydrogen (secondary N) is 1. The van der Waals surface area contributed by atoms with Crippen LogP contribution in [0.4, 0.5) is 0 Å². The van der Waals surface area contributed by atoms with Crippen LogP contribution in [0, 0.1) is 0 Å². The SMILES string of the molecule is CSc1ccc(C(CC(=O)O)NC(=O)c2cccc(CS(C)=O)c2)cc1. The second-order valence-corrected chi connectivity index (χ2v) is 8.13. The average molecular weight is 392 g/mol. The van der Waals surface area contributed by atoms with Crippen LogP contribution in [0.15, 0.2) is 53.4 Å². The van der Waals surface area contributed by atoms with E-state index in [0.29, 0.717) is 11.3 Å². The number of hydrogen-bond donors (Lipinski definition) is 2. The molecule has 2 N–H and O–H groups in total. The van der Waals surface area contributed by atoms with E-state index in [2.05, 4.69) is 5.32 Å². The number of hydrogen-bond acceptors (Lipinski definition) is 4. The Kier molecular flexibility index (Phi) is 7.41. The van der Waals surface area contributed by atoms with E-state index >= 15 is 0 Å². The van der Waals surface area contributed by atoms with E-state index in [1.165, 1.54) is 0 Å². The average Bonchev–Trinajstić information content (AvgIpc) is 2.60. The molecule has 0 aliphatic heterocycles. The molecule has 0 bridgehead atoms. The van der Waals surface area contributed by atoms with Crippen molar-refractivity contribution < 1.29 is 18.9 Å². The first-order valence-electron chi connectivity index (χ1n) is 7.94. The Balaban J connectivity index is 2.20. The van der Waals surface area contributed by atoms with E-state index in [0.717, 1.165) is 16.0 Å². The molecule has 0 aliphatic rings. The molecule has 2 rings (SSSR count). The number of carbonyl (C=O) groups is 2. The predicted molar refractivity (Wildman–Crippen MR) is 105 cm³/mol. The molecular weight excluding hydrogens is 370 g/mol. The minimum Gasteiger partial charge on any atom is -0.481 e. The molecule has 0 heterocycles. The van der Waals surface area contributed by atoms with Crippen molar-refractivity contribution in [3.05, 3.63) is 65.2 Å². The van der Waals surface area contributed by atoms with Crippen molar-refractivity contribution in [3.63, 3.8) is 0 Å². The summed E-state index contributed by atoms with van der Waals surface area (Å²) in [7, 11) is -1.00. The Labute approximate surface area is 159 Å². The molecule has 2 atom stereocenters. The van der Waals surface area contributed by atoms with Gasteiger partial charge in [0.2, 0.25) is 0 Å². The molecule has 0 saturated carbocycles. The summed E-state index contributed by atoms with van der Waals surface area (Å²) < 4.78 is 11.4. The zero-order valence-corrected chi connectivity index (χ0v) is 16.2. The third-order valence-electron chi connectivity index (χ3n) is 3.76. The lowest BCUT2D eigenvalue weighted by molar-refractivity contribution is -0.137. The normalized spacial score (nSPS) is 13.0. The standard InChI is InChI=1S/C19H21NO4S2/c1-25-16-8-6-14(7-9-16)17(11-18(21)22)20-19(23)15-5-3-4-13(10-15)12-26(2)24/h3-10,17H,11-12H2,1-2H3,(H,20,23)(H,21,22). The molecule has 5 nitrogen and oxygen atoms in total. The highest BCUT2D eigenvalue weighted by Gasteiger charge is 2.19. The molecule has 2 aromatic carbocycles. The van der Waals surface area contributed by atoms with Gasteiger partial charge >= 0.3 is 5.97 Å². The second-order valence-electron chi connectivity index (χ2n) is 5.81. The molecule has 0 aliphatic carbocycles. The van der Waals surface area contributed by atoms with Crippen molar-refractivity contribution in [1.29, 1.82) is 0 Å². The van der Waals surface area contributed by atoms with Crippen LogP contribution >= 0.6 is 11.8 Å². The van der Waals surface area contributed by atoms with Gasteiger partial charge in [0.25, 0.3) is 5.91 Å². The van der Waals surface area contributed by atoms with E-state index in [4.69, 9.17) is 0 Å². The van der Waals surface area contributed by atoms with E-state index in [1.807, 2.05) is 36.6 Å². The summed E-state index contributed by atoms with van der Waals surface area (Å²) in [6.07, 6.45) is 3.36. The van der Waals surface area contributed by atoms with Gasteiger partial charge in [0.1, 0.15) is 0 Å². The van der Waals surface area contributed by atoms with Crippen LogP contribution < -0.4 is 5.32 Å². The van der Waals surface area contributed by atoms with Gasteiger partial charge in [-0.3, -0.25) is 13.8 Å². The zero-order valence-electron chi connectivity index (χ0n) is 14.6. The summed E-state index contributed by atoms with van der Waals surface area (Å²) in [5.74, 6) is -0.969. The number of thioether (sulfide) groups is 1. The van der Waals surface area contributed by atoms with Gasteiger partial charge in [-0.25, -0.2) is 0 Å². The predicted octanol–water partition coefficient (Wildman–Crippen LogP) is 3.23. The third kappa shape index (κ3) is 6.00. The van der Waals surface area contributed by atoms with Crippen LogP contribution in [0.2, 0.25) is 0 Å². The minimum absolute atomic E-state index is 0.205. The first-order valence-corrected chi connectivity index (χ1v) is 10.9. The molecule has 1 amide bonds. The van der Waals surface area contributed by atoms with Crippen molar-refractivity contribution in [2.24, 2.45) is 0 Å². The summed E-state index contributed by atoms with van der Waals surface area (Å²) >= 11 is 1.59. The topological polar surface area (TPSA) is 83.5 Å². The van der Waals surface area contributed by atoms with Gasteiger partial charge < -0.3 is 10.4 Å². The summed E-state index contributed by atoms with van der Waals surface area (Å²) in [6, 6.07) is 13.7. The molecule has 0 aromatic heterocycles. The lowest BCUT2D eigenvalue weighted by Gasteiger charge is -2.18. The molecule has 138 valence electrons. The van der Waals surface area contributed by atoms with Crippen molar-refractivity contribution in [2.75, 3.05) is 12.5 Å².